The van der Waals surface area contributed by atoms with Gasteiger partial charge >= 0.3 is 0 Å². The minimum atomic E-state index is -0.471. The second kappa shape index (κ2) is 6.34. The zero-order valence-corrected chi connectivity index (χ0v) is 15.0. The minimum absolute atomic E-state index is 0.00724. The predicted molar refractivity (Wildman–Crippen MR) is 97.6 cm³/mol. The molecule has 0 fully saturated rings. The van der Waals surface area contributed by atoms with Crippen molar-refractivity contribution < 1.29 is 9.66 Å². The molecule has 0 saturated carbocycles. The molecule has 3 aromatic rings. The molecule has 1 aliphatic rings. The molecule has 2 aromatic carbocycles. The lowest BCUT2D eigenvalue weighted by Crippen LogP contribution is -2.17. The highest BCUT2D eigenvalue weighted by atomic mass is 79.9. The van der Waals surface area contributed by atoms with Crippen LogP contribution in [0.2, 0.25) is 0 Å². The first-order valence-electron chi connectivity index (χ1n) is 7.75. The normalized spacial score (nSPS) is 13.1. The number of hydrogen-bond acceptors (Lipinski definition) is 5. The maximum absolute atomic E-state index is 12.9. The van der Waals surface area contributed by atoms with Gasteiger partial charge in [-0.05, 0) is 18.2 Å². The Morgan fingerprint density at radius 1 is 1.19 bits per heavy atom. The standard InChI is InChI=1S/C17H12BrN5O3/c18-9-15-19-20-16-10-21(24)17(11-4-2-1-3-5-11)13-8-12(23(25)26)6-7-14(13)22(15)16/h1-8H,9-10H2. The third-order valence-electron chi connectivity index (χ3n) is 4.19. The molecule has 0 aliphatic carbocycles. The lowest BCUT2D eigenvalue weighted by Gasteiger charge is -2.11. The predicted octanol–water partition coefficient (Wildman–Crippen LogP) is 2.93. The van der Waals surface area contributed by atoms with Gasteiger partial charge in [-0.3, -0.25) is 14.7 Å². The quantitative estimate of drug-likeness (QED) is 0.216. The van der Waals surface area contributed by atoms with E-state index in [1.807, 2.05) is 18.2 Å². The van der Waals surface area contributed by atoms with Crippen LogP contribution in [0.1, 0.15) is 22.8 Å². The minimum Gasteiger partial charge on any atom is -0.623 e. The molecule has 9 heteroatoms. The highest BCUT2D eigenvalue weighted by Gasteiger charge is 2.30. The zero-order chi connectivity index (χ0) is 18.3. The number of nitro groups is 1. The van der Waals surface area contributed by atoms with Crippen molar-refractivity contribution in [2.75, 3.05) is 0 Å². The first-order chi connectivity index (χ1) is 12.6. The molecule has 0 saturated heterocycles. The number of alkyl halides is 1. The van der Waals surface area contributed by atoms with Gasteiger partial charge < -0.3 is 5.21 Å². The largest absolute Gasteiger partial charge is 0.623 e. The summed E-state index contributed by atoms with van der Waals surface area (Å²) in [4.78, 5) is 10.8. The fourth-order valence-electron chi connectivity index (χ4n) is 3.08. The van der Waals surface area contributed by atoms with Gasteiger partial charge in [0.2, 0.25) is 18.1 Å². The van der Waals surface area contributed by atoms with E-state index in [2.05, 4.69) is 26.1 Å². The van der Waals surface area contributed by atoms with Gasteiger partial charge in [-0.15, -0.1) is 10.2 Å². The lowest BCUT2D eigenvalue weighted by atomic mass is 9.99. The fourth-order valence-corrected chi connectivity index (χ4v) is 3.44. The summed E-state index contributed by atoms with van der Waals surface area (Å²) in [5.74, 6) is 1.10. The van der Waals surface area contributed by atoms with Gasteiger partial charge in [-0.25, -0.2) is 0 Å². The number of benzene rings is 2. The highest BCUT2D eigenvalue weighted by Crippen LogP contribution is 2.29. The van der Waals surface area contributed by atoms with Crippen LogP contribution in [0, 0.1) is 15.3 Å². The fraction of sp³-hybridized carbons (Fsp3) is 0.118. The molecule has 0 bridgehead atoms. The van der Waals surface area contributed by atoms with E-state index in [-0.39, 0.29) is 12.2 Å². The Kier molecular flexibility index (Phi) is 4.00. The summed E-state index contributed by atoms with van der Waals surface area (Å²) < 4.78 is 2.58. The Morgan fingerprint density at radius 2 is 1.96 bits per heavy atom. The van der Waals surface area contributed by atoms with Crippen molar-refractivity contribution in [1.29, 1.82) is 0 Å². The van der Waals surface area contributed by atoms with E-state index in [1.165, 1.54) is 12.1 Å². The van der Waals surface area contributed by atoms with Crippen molar-refractivity contribution in [3.8, 4) is 5.69 Å². The van der Waals surface area contributed by atoms with Gasteiger partial charge in [-0.1, -0.05) is 34.1 Å². The van der Waals surface area contributed by atoms with E-state index >= 15 is 0 Å². The number of nitrogens with zero attached hydrogens (tertiary/aromatic N) is 5. The number of nitro benzene ring substituents is 1. The summed E-state index contributed by atoms with van der Waals surface area (Å²) in [6, 6.07) is 13.6. The monoisotopic (exact) mass is 413 g/mol. The molecule has 26 heavy (non-hydrogen) atoms. The van der Waals surface area contributed by atoms with Crippen LogP contribution in [-0.4, -0.2) is 30.1 Å². The van der Waals surface area contributed by atoms with Gasteiger partial charge in [0.1, 0.15) is 5.82 Å². The molecular weight excluding hydrogens is 402 g/mol. The van der Waals surface area contributed by atoms with Crippen LogP contribution >= 0.6 is 15.9 Å². The smallest absolute Gasteiger partial charge is 0.270 e. The number of fused-ring (bicyclic) bond motifs is 3. The van der Waals surface area contributed by atoms with E-state index in [4.69, 9.17) is 0 Å². The summed E-state index contributed by atoms with van der Waals surface area (Å²) in [6.45, 7) is -0.00724. The molecular formula is C17H12BrN5O3. The maximum Gasteiger partial charge on any atom is 0.270 e. The first-order valence-corrected chi connectivity index (χ1v) is 8.87. The molecule has 1 aliphatic heterocycles. The van der Waals surface area contributed by atoms with E-state index < -0.39 is 4.92 Å². The van der Waals surface area contributed by atoms with Crippen molar-refractivity contribution >= 4 is 27.3 Å². The molecule has 2 heterocycles. The molecule has 1 aromatic heterocycles. The molecule has 0 atom stereocenters. The molecule has 4 rings (SSSR count). The Bertz CT molecular complexity index is 1050. The van der Waals surface area contributed by atoms with Crippen molar-refractivity contribution in [3.63, 3.8) is 0 Å². The Hall–Kier alpha value is -3.07. The van der Waals surface area contributed by atoms with E-state index in [9.17, 15) is 15.3 Å². The average molecular weight is 414 g/mol. The van der Waals surface area contributed by atoms with Crippen LogP contribution in [-0.2, 0) is 11.9 Å². The van der Waals surface area contributed by atoms with Crippen LogP contribution in [0.4, 0.5) is 5.69 Å². The van der Waals surface area contributed by atoms with Crippen LogP contribution in [0.3, 0.4) is 0 Å². The lowest BCUT2D eigenvalue weighted by molar-refractivity contribution is -0.475. The summed E-state index contributed by atoms with van der Waals surface area (Å²) in [7, 11) is 0. The molecule has 0 amide bonds. The number of halogens is 1. The molecule has 0 N–H and O–H groups in total. The summed E-state index contributed by atoms with van der Waals surface area (Å²) in [5, 5.41) is 32.9. The number of hydroxylamine groups is 1. The second-order valence-corrected chi connectivity index (χ2v) is 6.27. The van der Waals surface area contributed by atoms with Crippen molar-refractivity contribution in [2.45, 2.75) is 11.9 Å². The number of hydrogen-bond donors (Lipinski definition) is 0. The summed E-state index contributed by atoms with van der Waals surface area (Å²) in [6.07, 6.45) is 0. The average Bonchev–Trinajstić information content (AvgIpc) is 2.99. The summed E-state index contributed by atoms with van der Waals surface area (Å²) in [5.41, 5.74) is 2.09. The third-order valence-corrected chi connectivity index (χ3v) is 4.69. The zero-order valence-electron chi connectivity index (χ0n) is 13.4. The van der Waals surface area contributed by atoms with Crippen LogP contribution in [0.25, 0.3) is 5.69 Å². The van der Waals surface area contributed by atoms with E-state index in [1.54, 1.807) is 22.8 Å². The van der Waals surface area contributed by atoms with E-state index in [0.29, 0.717) is 39.5 Å². The van der Waals surface area contributed by atoms with Crippen LogP contribution in [0.5, 0.6) is 0 Å². The number of rotatable bonds is 3. The van der Waals surface area contributed by atoms with Gasteiger partial charge in [0.25, 0.3) is 5.69 Å². The number of aromatic nitrogens is 3. The maximum atomic E-state index is 12.9. The van der Waals surface area contributed by atoms with E-state index in [0.717, 1.165) is 4.74 Å². The van der Waals surface area contributed by atoms with Crippen molar-refractivity contribution in [2.24, 2.45) is 0 Å². The Balaban J connectivity index is 2.06. The van der Waals surface area contributed by atoms with Crippen molar-refractivity contribution in [3.05, 3.63) is 86.6 Å². The Labute approximate surface area is 156 Å². The molecule has 130 valence electrons. The van der Waals surface area contributed by atoms with Gasteiger partial charge in [0.05, 0.1) is 21.5 Å². The van der Waals surface area contributed by atoms with Gasteiger partial charge in [-0.2, -0.15) is 4.74 Å². The molecule has 0 radical (unpaired) electrons. The van der Waals surface area contributed by atoms with Crippen LogP contribution < -0.4 is 0 Å². The molecule has 0 spiro atoms. The Morgan fingerprint density at radius 3 is 2.65 bits per heavy atom. The number of non-ortho nitro benzene ring substituents is 1. The molecule has 8 nitrogen and oxygen atoms in total. The second-order valence-electron chi connectivity index (χ2n) is 5.71. The third kappa shape index (κ3) is 2.57. The first kappa shape index (κ1) is 16.4. The topological polar surface area (TPSA) is 99.9 Å². The van der Waals surface area contributed by atoms with Crippen LogP contribution in [0.15, 0.2) is 48.5 Å². The van der Waals surface area contributed by atoms with Gasteiger partial charge in [0.15, 0.2) is 0 Å². The van der Waals surface area contributed by atoms with Crippen molar-refractivity contribution in [1.82, 2.24) is 14.8 Å². The molecule has 0 unspecified atom stereocenters. The highest BCUT2D eigenvalue weighted by molar-refractivity contribution is 9.08. The van der Waals surface area contributed by atoms with Gasteiger partial charge in [0, 0.05) is 17.7 Å². The summed E-state index contributed by atoms with van der Waals surface area (Å²) >= 11 is 3.38. The SMILES string of the molecule is O=[N+]([O-])c1ccc2c(c1)C(c1ccccc1)=[N+]([O-])Cc1nnc(CBr)n1-2.